The minimum Gasteiger partial charge on any atom is -0.350 e. The van der Waals surface area contributed by atoms with E-state index in [2.05, 4.69) is 27.6 Å². The summed E-state index contributed by atoms with van der Waals surface area (Å²) >= 11 is 1.34. The molecule has 124 valence electrons. The van der Waals surface area contributed by atoms with E-state index in [9.17, 15) is 4.79 Å². The Balaban J connectivity index is 1.64. The SMILES string of the molecule is Cc1ccc(SNC(=O)N(C)Cc2cn(C)c3ccccc23)cc1. The highest BCUT2D eigenvalue weighted by Gasteiger charge is 2.13. The minimum absolute atomic E-state index is 0.103. The van der Waals surface area contributed by atoms with E-state index >= 15 is 0 Å². The number of carbonyl (C=O) groups is 1. The van der Waals surface area contributed by atoms with Crippen LogP contribution in [0.15, 0.2) is 59.6 Å². The van der Waals surface area contributed by atoms with E-state index in [1.165, 1.54) is 28.4 Å². The number of aromatic nitrogens is 1. The van der Waals surface area contributed by atoms with Gasteiger partial charge in [-0.1, -0.05) is 35.9 Å². The first-order valence-corrected chi connectivity index (χ1v) is 8.64. The van der Waals surface area contributed by atoms with Gasteiger partial charge in [-0.2, -0.15) is 0 Å². The number of nitrogens with one attached hydrogen (secondary N) is 1. The zero-order valence-corrected chi connectivity index (χ0v) is 14.9. The van der Waals surface area contributed by atoms with Crippen molar-refractivity contribution in [2.45, 2.75) is 18.4 Å². The van der Waals surface area contributed by atoms with Crippen LogP contribution in [0.4, 0.5) is 4.79 Å². The molecular formula is C19H21N3OS. The molecule has 0 aliphatic rings. The number of para-hydroxylation sites is 1. The maximum absolute atomic E-state index is 12.3. The van der Waals surface area contributed by atoms with Crippen LogP contribution in [0.5, 0.6) is 0 Å². The van der Waals surface area contributed by atoms with Crippen LogP contribution in [0, 0.1) is 6.92 Å². The topological polar surface area (TPSA) is 37.3 Å². The average Bonchev–Trinajstić information content (AvgIpc) is 2.90. The molecule has 5 heteroatoms. The number of rotatable bonds is 4. The number of aryl methyl sites for hydroxylation is 2. The van der Waals surface area contributed by atoms with Crippen molar-refractivity contribution < 1.29 is 4.79 Å². The van der Waals surface area contributed by atoms with Gasteiger partial charge >= 0.3 is 6.03 Å². The van der Waals surface area contributed by atoms with E-state index in [0.717, 1.165) is 10.5 Å². The number of nitrogens with zero attached hydrogens (tertiary/aromatic N) is 2. The van der Waals surface area contributed by atoms with Gasteiger partial charge < -0.3 is 9.47 Å². The molecule has 1 aromatic heterocycles. The molecule has 2 aromatic carbocycles. The second-order valence-corrected chi connectivity index (χ2v) is 6.84. The van der Waals surface area contributed by atoms with E-state index in [-0.39, 0.29) is 6.03 Å². The van der Waals surface area contributed by atoms with Gasteiger partial charge in [0.05, 0.1) is 0 Å². The normalized spacial score (nSPS) is 10.8. The molecule has 0 fully saturated rings. The number of benzene rings is 2. The fourth-order valence-corrected chi connectivity index (χ4v) is 3.30. The third kappa shape index (κ3) is 3.57. The molecule has 0 bridgehead atoms. The van der Waals surface area contributed by atoms with Gasteiger partial charge in [-0.25, -0.2) is 4.79 Å². The Hall–Kier alpha value is -2.40. The fourth-order valence-electron chi connectivity index (χ4n) is 2.67. The molecule has 0 spiro atoms. The first-order chi connectivity index (χ1) is 11.5. The zero-order chi connectivity index (χ0) is 17.1. The van der Waals surface area contributed by atoms with Crippen molar-refractivity contribution in [2.75, 3.05) is 7.05 Å². The minimum atomic E-state index is -0.103. The summed E-state index contributed by atoms with van der Waals surface area (Å²) in [6.07, 6.45) is 2.08. The maximum Gasteiger partial charge on any atom is 0.327 e. The average molecular weight is 339 g/mol. The van der Waals surface area contributed by atoms with Crippen molar-refractivity contribution in [1.82, 2.24) is 14.2 Å². The molecule has 1 heterocycles. The highest BCUT2D eigenvalue weighted by molar-refractivity contribution is 7.98. The van der Waals surface area contributed by atoms with Gasteiger partial charge in [0.1, 0.15) is 0 Å². The molecule has 1 N–H and O–H groups in total. The highest BCUT2D eigenvalue weighted by Crippen LogP contribution is 2.22. The van der Waals surface area contributed by atoms with Gasteiger partial charge in [0, 0.05) is 42.6 Å². The van der Waals surface area contributed by atoms with Gasteiger partial charge in [0.15, 0.2) is 0 Å². The van der Waals surface area contributed by atoms with Crippen molar-refractivity contribution in [1.29, 1.82) is 0 Å². The summed E-state index contributed by atoms with van der Waals surface area (Å²) in [4.78, 5) is 15.0. The standard InChI is InChI=1S/C19H21N3OS/c1-14-8-10-16(11-9-14)24-20-19(23)22(3)13-15-12-21(2)18-7-5-4-6-17(15)18/h4-12H,13H2,1-3H3,(H,20,23). The van der Waals surface area contributed by atoms with Crippen molar-refractivity contribution >= 4 is 28.9 Å². The molecule has 0 aliphatic carbocycles. The van der Waals surface area contributed by atoms with Gasteiger partial charge in [-0.05, 0) is 42.6 Å². The monoisotopic (exact) mass is 339 g/mol. The summed E-state index contributed by atoms with van der Waals surface area (Å²) in [6, 6.07) is 16.2. The molecule has 0 saturated carbocycles. The Morgan fingerprint density at radius 2 is 1.88 bits per heavy atom. The van der Waals surface area contributed by atoms with Gasteiger partial charge in [-0.3, -0.25) is 4.72 Å². The van der Waals surface area contributed by atoms with Crippen LogP contribution in [0.2, 0.25) is 0 Å². The zero-order valence-electron chi connectivity index (χ0n) is 14.1. The number of carbonyl (C=O) groups excluding carboxylic acids is 1. The maximum atomic E-state index is 12.3. The third-order valence-electron chi connectivity index (χ3n) is 4.01. The Kier molecular flexibility index (Phi) is 4.81. The fraction of sp³-hybridized carbons (Fsp3) is 0.211. The van der Waals surface area contributed by atoms with E-state index in [4.69, 9.17) is 0 Å². The molecule has 0 saturated heterocycles. The Morgan fingerprint density at radius 1 is 1.17 bits per heavy atom. The van der Waals surface area contributed by atoms with Gasteiger partial charge in [0.25, 0.3) is 0 Å². The predicted molar refractivity (Wildman–Crippen MR) is 100.0 cm³/mol. The van der Waals surface area contributed by atoms with Gasteiger partial charge in [0.2, 0.25) is 0 Å². The number of fused-ring (bicyclic) bond motifs is 1. The summed E-state index contributed by atoms with van der Waals surface area (Å²) in [5.74, 6) is 0. The number of amides is 2. The quantitative estimate of drug-likeness (QED) is 0.718. The first-order valence-electron chi connectivity index (χ1n) is 7.82. The van der Waals surface area contributed by atoms with E-state index in [1.54, 1.807) is 4.90 Å². The Labute approximate surface area is 146 Å². The molecule has 4 nitrogen and oxygen atoms in total. The summed E-state index contributed by atoms with van der Waals surface area (Å²) in [5.41, 5.74) is 3.53. The van der Waals surface area contributed by atoms with E-state index in [1.807, 2.05) is 57.4 Å². The molecule has 24 heavy (non-hydrogen) atoms. The molecule has 0 unspecified atom stereocenters. The lowest BCUT2D eigenvalue weighted by atomic mass is 10.2. The molecule has 0 atom stereocenters. The smallest absolute Gasteiger partial charge is 0.327 e. The number of hydrogen-bond acceptors (Lipinski definition) is 2. The molecule has 0 radical (unpaired) electrons. The molecular weight excluding hydrogens is 318 g/mol. The Bertz CT molecular complexity index is 855. The van der Waals surface area contributed by atoms with E-state index in [0.29, 0.717) is 6.54 Å². The second-order valence-electron chi connectivity index (χ2n) is 5.96. The lowest BCUT2D eigenvalue weighted by molar-refractivity contribution is 0.214. The van der Waals surface area contributed by atoms with Crippen LogP contribution in [0.1, 0.15) is 11.1 Å². The molecule has 2 amide bonds. The highest BCUT2D eigenvalue weighted by atomic mass is 32.2. The van der Waals surface area contributed by atoms with Crippen LogP contribution < -0.4 is 4.72 Å². The van der Waals surface area contributed by atoms with Crippen LogP contribution in [0.25, 0.3) is 10.9 Å². The lowest BCUT2D eigenvalue weighted by Gasteiger charge is -2.17. The van der Waals surface area contributed by atoms with Crippen LogP contribution in [-0.2, 0) is 13.6 Å². The van der Waals surface area contributed by atoms with Crippen molar-refractivity contribution in [3.05, 3.63) is 65.9 Å². The van der Waals surface area contributed by atoms with Crippen LogP contribution in [0.3, 0.4) is 0 Å². The summed E-state index contributed by atoms with van der Waals surface area (Å²) in [6.45, 7) is 2.62. The second kappa shape index (κ2) is 7.01. The first kappa shape index (κ1) is 16.5. The lowest BCUT2D eigenvalue weighted by Crippen LogP contribution is -2.33. The summed E-state index contributed by atoms with van der Waals surface area (Å²) in [7, 11) is 3.84. The van der Waals surface area contributed by atoms with Crippen molar-refractivity contribution in [3.8, 4) is 0 Å². The Morgan fingerprint density at radius 3 is 2.62 bits per heavy atom. The third-order valence-corrected chi connectivity index (χ3v) is 4.80. The van der Waals surface area contributed by atoms with Crippen molar-refractivity contribution in [2.24, 2.45) is 7.05 Å². The van der Waals surface area contributed by atoms with E-state index < -0.39 is 0 Å². The number of urea groups is 1. The van der Waals surface area contributed by atoms with Crippen LogP contribution >= 0.6 is 11.9 Å². The van der Waals surface area contributed by atoms with Crippen molar-refractivity contribution in [3.63, 3.8) is 0 Å². The van der Waals surface area contributed by atoms with Gasteiger partial charge in [-0.15, -0.1) is 0 Å². The van der Waals surface area contributed by atoms with Crippen LogP contribution in [-0.4, -0.2) is 22.5 Å². The summed E-state index contributed by atoms with van der Waals surface area (Å²) < 4.78 is 4.98. The number of hydrogen-bond donors (Lipinski definition) is 1. The predicted octanol–water partition coefficient (Wildman–Crippen LogP) is 4.34. The molecule has 3 rings (SSSR count). The largest absolute Gasteiger partial charge is 0.350 e. The molecule has 3 aromatic rings. The summed E-state index contributed by atoms with van der Waals surface area (Å²) in [5, 5.41) is 1.19. The molecule has 0 aliphatic heterocycles.